The standard InChI is InChI=1S/C17H22F3N7/c1-25-14(9-23-24-25)10-26-6-4-13(5-7-26)27(12-2-3-12)16-8-15(17(18,19)20)21-11-22-16/h8-9,11-13H,2-7,10H2,1H3. The maximum absolute atomic E-state index is 13.0. The summed E-state index contributed by atoms with van der Waals surface area (Å²) in [6.45, 7) is 2.55. The van der Waals surface area contributed by atoms with Crippen molar-refractivity contribution >= 4 is 5.82 Å². The van der Waals surface area contributed by atoms with Crippen molar-refractivity contribution in [2.45, 2.75) is 50.5 Å². The molecule has 2 aromatic rings. The molecule has 1 saturated heterocycles. The van der Waals surface area contributed by atoms with Gasteiger partial charge in [0.15, 0.2) is 0 Å². The Kier molecular flexibility index (Phi) is 4.75. The molecule has 0 atom stereocenters. The lowest BCUT2D eigenvalue weighted by molar-refractivity contribution is -0.141. The minimum Gasteiger partial charge on any atom is -0.350 e. The van der Waals surface area contributed by atoms with Gasteiger partial charge < -0.3 is 4.90 Å². The van der Waals surface area contributed by atoms with Crippen LogP contribution < -0.4 is 4.90 Å². The van der Waals surface area contributed by atoms with Crippen LogP contribution in [0.15, 0.2) is 18.6 Å². The van der Waals surface area contributed by atoms with Crippen LogP contribution in [0.2, 0.25) is 0 Å². The molecule has 1 saturated carbocycles. The van der Waals surface area contributed by atoms with Gasteiger partial charge >= 0.3 is 6.18 Å². The molecule has 0 amide bonds. The Labute approximate surface area is 155 Å². The number of aryl methyl sites for hydroxylation is 1. The van der Waals surface area contributed by atoms with Crippen molar-refractivity contribution in [2.24, 2.45) is 7.05 Å². The van der Waals surface area contributed by atoms with Gasteiger partial charge in [-0.2, -0.15) is 13.2 Å². The molecule has 7 nitrogen and oxygen atoms in total. The molecule has 0 spiro atoms. The van der Waals surface area contributed by atoms with Crippen LogP contribution in [0, 0.1) is 0 Å². The zero-order valence-corrected chi connectivity index (χ0v) is 15.1. The summed E-state index contributed by atoms with van der Waals surface area (Å²) in [4.78, 5) is 12.0. The second-order valence-corrected chi connectivity index (χ2v) is 7.25. The van der Waals surface area contributed by atoms with Crippen molar-refractivity contribution in [3.63, 3.8) is 0 Å². The van der Waals surface area contributed by atoms with Gasteiger partial charge in [-0.15, -0.1) is 5.10 Å². The molecule has 3 heterocycles. The van der Waals surface area contributed by atoms with Gasteiger partial charge in [-0.25, -0.2) is 9.97 Å². The fourth-order valence-electron chi connectivity index (χ4n) is 3.71. The molecule has 0 aromatic carbocycles. The summed E-state index contributed by atoms with van der Waals surface area (Å²) in [5.41, 5.74) is 0.178. The molecule has 4 rings (SSSR count). The van der Waals surface area contributed by atoms with E-state index in [1.54, 1.807) is 10.9 Å². The van der Waals surface area contributed by atoms with Crippen molar-refractivity contribution in [3.05, 3.63) is 30.0 Å². The normalized spacial score (nSPS) is 19.4. The van der Waals surface area contributed by atoms with Crippen LogP contribution in [0.3, 0.4) is 0 Å². The first-order chi connectivity index (χ1) is 12.9. The number of aromatic nitrogens is 5. The van der Waals surface area contributed by atoms with Crippen LogP contribution in [0.1, 0.15) is 37.1 Å². The molecule has 0 unspecified atom stereocenters. The van der Waals surface area contributed by atoms with Crippen molar-refractivity contribution in [1.29, 1.82) is 0 Å². The van der Waals surface area contributed by atoms with Crippen molar-refractivity contribution < 1.29 is 13.2 Å². The summed E-state index contributed by atoms with van der Waals surface area (Å²) < 4.78 is 40.8. The Bertz CT molecular complexity index is 779. The van der Waals surface area contributed by atoms with E-state index in [1.807, 2.05) is 7.05 Å². The first kappa shape index (κ1) is 18.1. The second-order valence-electron chi connectivity index (χ2n) is 7.25. The van der Waals surface area contributed by atoms with Crippen LogP contribution in [0.25, 0.3) is 0 Å². The molecule has 1 aliphatic carbocycles. The molecule has 27 heavy (non-hydrogen) atoms. The molecule has 146 valence electrons. The highest BCUT2D eigenvalue weighted by Crippen LogP contribution is 2.37. The zero-order chi connectivity index (χ0) is 19.0. The van der Waals surface area contributed by atoms with E-state index in [-0.39, 0.29) is 6.04 Å². The van der Waals surface area contributed by atoms with Crippen LogP contribution in [-0.2, 0) is 19.8 Å². The quantitative estimate of drug-likeness (QED) is 0.792. The summed E-state index contributed by atoms with van der Waals surface area (Å²) >= 11 is 0. The van der Waals surface area contributed by atoms with Crippen LogP contribution in [0.5, 0.6) is 0 Å². The highest BCUT2D eigenvalue weighted by atomic mass is 19.4. The van der Waals surface area contributed by atoms with Gasteiger partial charge in [0, 0.05) is 44.8 Å². The van der Waals surface area contributed by atoms with Crippen LogP contribution in [0.4, 0.5) is 19.0 Å². The third kappa shape index (κ3) is 4.05. The Balaban J connectivity index is 1.44. The summed E-state index contributed by atoms with van der Waals surface area (Å²) in [5.74, 6) is 0.397. The molecule has 0 bridgehead atoms. The molecule has 2 aliphatic rings. The molecule has 0 radical (unpaired) electrons. The van der Waals surface area contributed by atoms with Crippen molar-refractivity contribution in [1.82, 2.24) is 29.9 Å². The summed E-state index contributed by atoms with van der Waals surface area (Å²) in [6, 6.07) is 1.58. The van der Waals surface area contributed by atoms with E-state index in [1.165, 1.54) is 0 Å². The number of halogens is 3. The first-order valence-corrected chi connectivity index (χ1v) is 9.15. The van der Waals surface area contributed by atoms with E-state index in [2.05, 4.69) is 30.1 Å². The van der Waals surface area contributed by atoms with Gasteiger partial charge in [0.1, 0.15) is 17.8 Å². The SMILES string of the molecule is Cn1nncc1CN1CCC(N(c2cc(C(F)(F)F)ncn2)C2CC2)CC1. The number of hydrogen-bond acceptors (Lipinski definition) is 6. The maximum Gasteiger partial charge on any atom is 0.433 e. The van der Waals surface area contributed by atoms with Gasteiger partial charge in [0.2, 0.25) is 0 Å². The van der Waals surface area contributed by atoms with E-state index in [0.717, 1.165) is 63.4 Å². The predicted octanol–water partition coefficient (Wildman–Crippen LogP) is 2.26. The predicted molar refractivity (Wildman–Crippen MR) is 91.8 cm³/mol. The molecule has 2 fully saturated rings. The lowest BCUT2D eigenvalue weighted by Gasteiger charge is -2.39. The number of rotatable bonds is 5. The Morgan fingerprint density at radius 3 is 2.41 bits per heavy atom. The van der Waals surface area contributed by atoms with Gasteiger partial charge in [0.05, 0.1) is 11.9 Å². The van der Waals surface area contributed by atoms with E-state index in [9.17, 15) is 13.2 Å². The molecular weight excluding hydrogens is 359 g/mol. The Morgan fingerprint density at radius 1 is 1.11 bits per heavy atom. The first-order valence-electron chi connectivity index (χ1n) is 9.15. The van der Waals surface area contributed by atoms with Crippen LogP contribution >= 0.6 is 0 Å². The lowest BCUT2D eigenvalue weighted by atomic mass is 10.0. The maximum atomic E-state index is 13.0. The number of likely N-dealkylation sites (tertiary alicyclic amines) is 1. The summed E-state index contributed by atoms with van der Waals surface area (Å²) in [6.07, 6.45) is 2.15. The third-order valence-corrected chi connectivity index (χ3v) is 5.29. The minimum atomic E-state index is -4.45. The molecule has 0 N–H and O–H groups in total. The fourth-order valence-corrected chi connectivity index (χ4v) is 3.71. The topological polar surface area (TPSA) is 63.0 Å². The van der Waals surface area contributed by atoms with Crippen molar-refractivity contribution in [2.75, 3.05) is 18.0 Å². The number of alkyl halides is 3. The third-order valence-electron chi connectivity index (χ3n) is 5.29. The monoisotopic (exact) mass is 381 g/mol. The average molecular weight is 381 g/mol. The molecule has 1 aliphatic heterocycles. The van der Waals surface area contributed by atoms with E-state index >= 15 is 0 Å². The number of hydrogen-bond donors (Lipinski definition) is 0. The molecule has 2 aromatic heterocycles. The van der Waals surface area contributed by atoms with E-state index in [0.29, 0.717) is 11.9 Å². The summed E-state index contributed by atoms with van der Waals surface area (Å²) in [5, 5.41) is 7.85. The number of anilines is 1. The number of nitrogens with zero attached hydrogens (tertiary/aromatic N) is 7. The van der Waals surface area contributed by atoms with Gasteiger partial charge in [-0.05, 0) is 25.7 Å². The van der Waals surface area contributed by atoms with Crippen molar-refractivity contribution in [3.8, 4) is 0 Å². The largest absolute Gasteiger partial charge is 0.433 e. The Morgan fingerprint density at radius 2 is 1.81 bits per heavy atom. The van der Waals surface area contributed by atoms with E-state index in [4.69, 9.17) is 0 Å². The van der Waals surface area contributed by atoms with E-state index < -0.39 is 11.9 Å². The Hall–Kier alpha value is -2.23. The van der Waals surface area contributed by atoms with Crippen LogP contribution in [-0.4, -0.2) is 55.0 Å². The highest BCUT2D eigenvalue weighted by Gasteiger charge is 2.38. The molecule has 10 heteroatoms. The highest BCUT2D eigenvalue weighted by molar-refractivity contribution is 5.44. The zero-order valence-electron chi connectivity index (χ0n) is 15.1. The minimum absolute atomic E-state index is 0.203. The smallest absolute Gasteiger partial charge is 0.350 e. The summed E-state index contributed by atoms with van der Waals surface area (Å²) in [7, 11) is 1.87. The average Bonchev–Trinajstić information content (AvgIpc) is 3.39. The van der Waals surface area contributed by atoms with Gasteiger partial charge in [0.25, 0.3) is 0 Å². The molecular formula is C17H22F3N7. The second kappa shape index (κ2) is 7.06. The van der Waals surface area contributed by atoms with Gasteiger partial charge in [-0.3, -0.25) is 9.58 Å². The fraction of sp³-hybridized carbons (Fsp3) is 0.647. The van der Waals surface area contributed by atoms with Gasteiger partial charge in [-0.1, -0.05) is 5.21 Å². The number of piperidine rings is 1. The lowest BCUT2D eigenvalue weighted by Crippen LogP contribution is -2.46.